The highest BCUT2D eigenvalue weighted by Gasteiger charge is 2.01. The van der Waals surface area contributed by atoms with E-state index < -0.39 is 0 Å². The van der Waals surface area contributed by atoms with Crippen LogP contribution in [0.3, 0.4) is 0 Å². The van der Waals surface area contributed by atoms with E-state index in [4.69, 9.17) is 4.74 Å². The quantitative estimate of drug-likeness (QED) is 0.646. The van der Waals surface area contributed by atoms with Crippen LogP contribution in [-0.2, 0) is 13.0 Å². The first-order valence-corrected chi connectivity index (χ1v) is 7.23. The number of aryl methyl sites for hydroxylation is 1. The molecule has 2 aromatic rings. The van der Waals surface area contributed by atoms with Crippen LogP contribution >= 0.6 is 0 Å². The highest BCUT2D eigenvalue weighted by atomic mass is 16.5. The Morgan fingerprint density at radius 3 is 2.48 bits per heavy atom. The van der Waals surface area contributed by atoms with Gasteiger partial charge in [-0.1, -0.05) is 49.4 Å². The highest BCUT2D eigenvalue weighted by Crippen LogP contribution is 2.16. The molecule has 0 atom stereocenters. The van der Waals surface area contributed by atoms with Gasteiger partial charge in [-0.3, -0.25) is 0 Å². The average molecular weight is 282 g/mol. The van der Waals surface area contributed by atoms with E-state index in [0.29, 0.717) is 6.54 Å². The van der Waals surface area contributed by atoms with Gasteiger partial charge >= 0.3 is 0 Å². The predicted octanol–water partition coefficient (Wildman–Crippen LogP) is 3.77. The second-order valence-corrected chi connectivity index (χ2v) is 4.89. The van der Waals surface area contributed by atoms with Gasteiger partial charge in [0.15, 0.2) is 0 Å². The summed E-state index contributed by atoms with van der Waals surface area (Å²) in [7, 11) is 1.68. The van der Waals surface area contributed by atoms with Crippen molar-refractivity contribution in [3.05, 3.63) is 65.2 Å². The fraction of sp³-hybridized carbons (Fsp3) is 0.278. The number of methoxy groups -OCH3 is 1. The third kappa shape index (κ3) is 4.09. The van der Waals surface area contributed by atoms with Crippen molar-refractivity contribution in [1.82, 2.24) is 5.43 Å². The van der Waals surface area contributed by atoms with Crippen molar-refractivity contribution in [3.8, 4) is 5.75 Å². The lowest BCUT2D eigenvalue weighted by atomic mass is 10.1. The second kappa shape index (κ2) is 7.48. The van der Waals surface area contributed by atoms with Crippen molar-refractivity contribution in [3.63, 3.8) is 0 Å². The number of hydrogen-bond acceptors (Lipinski definition) is 3. The minimum Gasteiger partial charge on any atom is -0.496 e. The predicted molar refractivity (Wildman–Crippen MR) is 87.9 cm³/mol. The SMILES string of the molecule is CCc1ccc(/C(C)=N\NCc2ccccc2OC)cc1. The van der Waals surface area contributed by atoms with Gasteiger partial charge < -0.3 is 10.2 Å². The van der Waals surface area contributed by atoms with Gasteiger partial charge in [-0.05, 0) is 30.5 Å². The Kier molecular flexibility index (Phi) is 5.38. The molecule has 0 aromatic heterocycles. The normalized spacial score (nSPS) is 11.3. The second-order valence-electron chi connectivity index (χ2n) is 4.89. The zero-order chi connectivity index (χ0) is 15.1. The number of hydrazone groups is 1. The molecule has 21 heavy (non-hydrogen) atoms. The molecule has 3 nitrogen and oxygen atoms in total. The largest absolute Gasteiger partial charge is 0.496 e. The van der Waals surface area contributed by atoms with Crippen LogP contribution < -0.4 is 10.2 Å². The first kappa shape index (κ1) is 15.1. The molecule has 0 saturated carbocycles. The van der Waals surface area contributed by atoms with Crippen LogP contribution in [0.1, 0.15) is 30.5 Å². The maximum atomic E-state index is 5.32. The minimum atomic E-state index is 0.647. The smallest absolute Gasteiger partial charge is 0.123 e. The maximum Gasteiger partial charge on any atom is 0.123 e. The summed E-state index contributed by atoms with van der Waals surface area (Å²) in [4.78, 5) is 0. The van der Waals surface area contributed by atoms with Crippen molar-refractivity contribution in [1.29, 1.82) is 0 Å². The van der Waals surface area contributed by atoms with E-state index in [1.54, 1.807) is 7.11 Å². The summed E-state index contributed by atoms with van der Waals surface area (Å²) < 4.78 is 5.32. The average Bonchev–Trinajstić information content (AvgIpc) is 2.55. The molecule has 0 aliphatic carbocycles. The number of ether oxygens (including phenoxy) is 1. The molecular formula is C18H22N2O. The Hall–Kier alpha value is -2.29. The molecule has 0 saturated heterocycles. The van der Waals surface area contributed by atoms with Crippen LogP contribution in [-0.4, -0.2) is 12.8 Å². The van der Waals surface area contributed by atoms with Crippen molar-refractivity contribution >= 4 is 5.71 Å². The first-order valence-electron chi connectivity index (χ1n) is 7.23. The number of rotatable bonds is 6. The summed E-state index contributed by atoms with van der Waals surface area (Å²) in [5.74, 6) is 0.880. The molecule has 0 bridgehead atoms. The molecule has 110 valence electrons. The first-order chi connectivity index (χ1) is 10.2. The van der Waals surface area contributed by atoms with Gasteiger partial charge in [0.1, 0.15) is 5.75 Å². The zero-order valence-corrected chi connectivity index (χ0v) is 12.9. The van der Waals surface area contributed by atoms with Crippen LogP contribution in [0.2, 0.25) is 0 Å². The van der Waals surface area contributed by atoms with Crippen LogP contribution in [0.15, 0.2) is 53.6 Å². The van der Waals surface area contributed by atoms with Crippen molar-refractivity contribution in [2.45, 2.75) is 26.8 Å². The summed E-state index contributed by atoms with van der Waals surface area (Å²) in [6.07, 6.45) is 1.06. The monoisotopic (exact) mass is 282 g/mol. The molecule has 0 fully saturated rings. The molecule has 0 aliphatic rings. The Balaban J connectivity index is 1.99. The summed E-state index contributed by atoms with van der Waals surface area (Å²) >= 11 is 0. The van der Waals surface area contributed by atoms with Crippen molar-refractivity contribution in [2.75, 3.05) is 7.11 Å². The molecule has 1 N–H and O–H groups in total. The minimum absolute atomic E-state index is 0.647. The lowest BCUT2D eigenvalue weighted by Gasteiger charge is -2.08. The molecule has 0 unspecified atom stereocenters. The molecule has 3 heteroatoms. The standard InChI is InChI=1S/C18H22N2O/c1-4-15-9-11-16(12-10-15)14(2)20-19-13-17-7-5-6-8-18(17)21-3/h5-12,19H,4,13H2,1-3H3/b20-14-. The van der Waals surface area contributed by atoms with Crippen LogP contribution in [0.25, 0.3) is 0 Å². The van der Waals surface area contributed by atoms with Gasteiger partial charge in [-0.2, -0.15) is 5.10 Å². The van der Waals surface area contributed by atoms with Crippen LogP contribution in [0.4, 0.5) is 0 Å². The van der Waals surface area contributed by atoms with E-state index in [-0.39, 0.29) is 0 Å². The third-order valence-corrected chi connectivity index (χ3v) is 3.49. The van der Waals surface area contributed by atoms with E-state index in [1.165, 1.54) is 5.56 Å². The van der Waals surface area contributed by atoms with Gasteiger partial charge in [0.05, 0.1) is 19.4 Å². The molecule has 0 amide bonds. The number of hydrogen-bond donors (Lipinski definition) is 1. The van der Waals surface area contributed by atoms with Gasteiger partial charge in [0, 0.05) is 5.56 Å². The topological polar surface area (TPSA) is 33.6 Å². The molecule has 0 spiro atoms. The van der Waals surface area contributed by atoms with Crippen LogP contribution in [0.5, 0.6) is 5.75 Å². The Morgan fingerprint density at radius 1 is 1.10 bits per heavy atom. The molecule has 0 aliphatic heterocycles. The Bertz CT molecular complexity index is 603. The van der Waals surface area contributed by atoms with Crippen LogP contribution in [0, 0.1) is 0 Å². The van der Waals surface area contributed by atoms with Gasteiger partial charge in [-0.15, -0.1) is 0 Å². The van der Waals surface area contributed by atoms with E-state index in [1.807, 2.05) is 31.2 Å². The molecule has 0 radical (unpaired) electrons. The summed E-state index contributed by atoms with van der Waals surface area (Å²) in [5, 5.41) is 4.43. The van der Waals surface area contributed by atoms with E-state index in [2.05, 4.69) is 41.7 Å². The van der Waals surface area contributed by atoms with Crippen molar-refractivity contribution in [2.24, 2.45) is 5.10 Å². The number of para-hydroxylation sites is 1. The third-order valence-electron chi connectivity index (χ3n) is 3.49. The van der Waals surface area contributed by atoms with E-state index in [9.17, 15) is 0 Å². The lowest BCUT2D eigenvalue weighted by Crippen LogP contribution is -2.10. The number of nitrogens with one attached hydrogen (secondary N) is 1. The van der Waals surface area contributed by atoms with Gasteiger partial charge in [0.2, 0.25) is 0 Å². The zero-order valence-electron chi connectivity index (χ0n) is 12.9. The molecular weight excluding hydrogens is 260 g/mol. The molecule has 0 heterocycles. The summed E-state index contributed by atoms with van der Waals surface area (Å²) in [6.45, 7) is 4.81. The summed E-state index contributed by atoms with van der Waals surface area (Å²) in [6, 6.07) is 16.5. The van der Waals surface area contributed by atoms with Crippen molar-refractivity contribution < 1.29 is 4.74 Å². The maximum absolute atomic E-state index is 5.32. The highest BCUT2D eigenvalue weighted by molar-refractivity contribution is 5.98. The van der Waals surface area contributed by atoms with Gasteiger partial charge in [0.25, 0.3) is 0 Å². The fourth-order valence-corrected chi connectivity index (χ4v) is 2.14. The Labute approximate surface area is 126 Å². The lowest BCUT2D eigenvalue weighted by molar-refractivity contribution is 0.408. The summed E-state index contributed by atoms with van der Waals surface area (Å²) in [5.41, 5.74) is 7.67. The number of benzene rings is 2. The Morgan fingerprint density at radius 2 is 1.81 bits per heavy atom. The molecule has 2 aromatic carbocycles. The van der Waals surface area contributed by atoms with E-state index in [0.717, 1.165) is 29.0 Å². The van der Waals surface area contributed by atoms with E-state index >= 15 is 0 Å². The number of nitrogens with zero attached hydrogens (tertiary/aromatic N) is 1. The van der Waals surface area contributed by atoms with Gasteiger partial charge in [-0.25, -0.2) is 0 Å². The molecule has 2 rings (SSSR count). The fourth-order valence-electron chi connectivity index (χ4n) is 2.14.